The Balaban J connectivity index is 1.10. The van der Waals surface area contributed by atoms with Crippen LogP contribution in [0.1, 0.15) is 33.8 Å². The number of piperidine rings is 1. The Morgan fingerprint density at radius 1 is 1.03 bits per heavy atom. The lowest BCUT2D eigenvalue weighted by Crippen LogP contribution is -2.42. The molecule has 0 radical (unpaired) electrons. The smallest absolute Gasteiger partial charge is 0.272 e. The first kappa shape index (κ1) is 22.6. The maximum absolute atomic E-state index is 12.6. The molecule has 0 spiro atoms. The number of likely N-dealkylation sites (tertiary alicyclic amines) is 1. The Labute approximate surface area is 204 Å². The lowest BCUT2D eigenvalue weighted by molar-refractivity contribution is 0.0590. The zero-order valence-electron chi connectivity index (χ0n) is 19.4. The zero-order valence-corrected chi connectivity index (χ0v) is 20.2. The van der Waals surface area contributed by atoms with Crippen molar-refractivity contribution in [3.63, 3.8) is 0 Å². The standard InChI is InChI=1S/C28H29N3O2S/c1-30(20-25-18-22-6-2-3-8-27(22)34-25)19-21-9-11-23(12-10-21)33-24-13-16-31(17-14-24)28(32)26-7-4-5-15-29-26/h2-12,15,18,24H,13-14,16-17,19-20H2,1H3. The summed E-state index contributed by atoms with van der Waals surface area (Å²) in [6.45, 7) is 3.22. The van der Waals surface area contributed by atoms with Gasteiger partial charge in [-0.3, -0.25) is 14.7 Å². The van der Waals surface area contributed by atoms with Gasteiger partial charge in [0.05, 0.1) is 0 Å². The number of nitrogens with zero attached hydrogens (tertiary/aromatic N) is 3. The van der Waals surface area contributed by atoms with Gasteiger partial charge in [-0.2, -0.15) is 0 Å². The highest BCUT2D eigenvalue weighted by molar-refractivity contribution is 7.19. The second-order valence-corrected chi connectivity index (χ2v) is 10.1. The van der Waals surface area contributed by atoms with Gasteiger partial charge in [0.15, 0.2) is 0 Å². The molecule has 0 N–H and O–H groups in total. The van der Waals surface area contributed by atoms with Crippen LogP contribution in [0.15, 0.2) is 79.0 Å². The van der Waals surface area contributed by atoms with Crippen LogP contribution >= 0.6 is 11.3 Å². The summed E-state index contributed by atoms with van der Waals surface area (Å²) in [4.78, 5) is 22.3. The summed E-state index contributed by atoms with van der Waals surface area (Å²) in [6.07, 6.45) is 3.46. The van der Waals surface area contributed by atoms with Gasteiger partial charge in [0.2, 0.25) is 0 Å². The molecule has 5 nitrogen and oxygen atoms in total. The predicted molar refractivity (Wildman–Crippen MR) is 137 cm³/mol. The molecule has 174 valence electrons. The zero-order chi connectivity index (χ0) is 23.3. The number of hydrogen-bond acceptors (Lipinski definition) is 5. The number of benzene rings is 2. The molecule has 0 saturated carbocycles. The van der Waals surface area contributed by atoms with Crippen molar-refractivity contribution in [2.24, 2.45) is 0 Å². The van der Waals surface area contributed by atoms with Crippen molar-refractivity contribution < 1.29 is 9.53 Å². The van der Waals surface area contributed by atoms with E-state index >= 15 is 0 Å². The molecule has 2 aromatic heterocycles. The second-order valence-electron chi connectivity index (χ2n) is 8.89. The number of ether oxygens (including phenoxy) is 1. The van der Waals surface area contributed by atoms with Gasteiger partial charge in [0.1, 0.15) is 17.5 Å². The molecular weight excluding hydrogens is 442 g/mol. The number of pyridine rings is 1. The first-order valence-corrected chi connectivity index (χ1v) is 12.6. The SMILES string of the molecule is CN(Cc1ccc(OC2CCN(C(=O)c3ccccn3)CC2)cc1)Cc1cc2ccccc2s1. The van der Waals surface area contributed by atoms with Crippen LogP contribution in [0, 0.1) is 0 Å². The van der Waals surface area contributed by atoms with Crippen LogP contribution in [0.25, 0.3) is 10.1 Å². The summed E-state index contributed by atoms with van der Waals surface area (Å²) < 4.78 is 7.56. The van der Waals surface area contributed by atoms with Gasteiger partial charge in [-0.1, -0.05) is 36.4 Å². The second kappa shape index (κ2) is 10.4. The molecule has 1 saturated heterocycles. The summed E-state index contributed by atoms with van der Waals surface area (Å²) >= 11 is 1.87. The Kier molecular flexibility index (Phi) is 6.88. The summed E-state index contributed by atoms with van der Waals surface area (Å²) in [5.74, 6) is 0.897. The molecule has 6 heteroatoms. The van der Waals surface area contributed by atoms with Crippen molar-refractivity contribution in [3.05, 3.63) is 95.1 Å². The van der Waals surface area contributed by atoms with Crippen LogP contribution < -0.4 is 4.74 Å². The highest BCUT2D eigenvalue weighted by atomic mass is 32.1. The van der Waals surface area contributed by atoms with Crippen LogP contribution in [0.4, 0.5) is 0 Å². The molecule has 1 fully saturated rings. The average Bonchev–Trinajstić information content (AvgIpc) is 3.28. The molecule has 0 bridgehead atoms. The largest absolute Gasteiger partial charge is 0.490 e. The van der Waals surface area contributed by atoms with Crippen LogP contribution in [-0.4, -0.2) is 46.9 Å². The fraction of sp³-hybridized carbons (Fsp3) is 0.286. The first-order chi connectivity index (χ1) is 16.6. The van der Waals surface area contributed by atoms with E-state index in [1.165, 1.54) is 20.5 Å². The molecule has 2 aromatic carbocycles. The normalized spacial score (nSPS) is 14.6. The molecule has 5 rings (SSSR count). The van der Waals surface area contributed by atoms with E-state index in [9.17, 15) is 4.79 Å². The minimum Gasteiger partial charge on any atom is -0.490 e. The molecule has 4 aromatic rings. The maximum Gasteiger partial charge on any atom is 0.272 e. The molecule has 34 heavy (non-hydrogen) atoms. The summed E-state index contributed by atoms with van der Waals surface area (Å²) in [6, 6.07) is 24.7. The molecule has 1 amide bonds. The number of carbonyl (C=O) groups is 1. The number of rotatable bonds is 7. The molecule has 1 aliphatic rings. The molecular formula is C28H29N3O2S. The molecule has 0 aliphatic carbocycles. The fourth-order valence-electron chi connectivity index (χ4n) is 4.44. The third-order valence-corrected chi connectivity index (χ3v) is 7.29. The van der Waals surface area contributed by atoms with E-state index in [0.29, 0.717) is 18.8 Å². The van der Waals surface area contributed by atoms with Crippen molar-refractivity contribution in [1.82, 2.24) is 14.8 Å². The Hall–Kier alpha value is -3.22. The van der Waals surface area contributed by atoms with Gasteiger partial charge in [-0.05, 0) is 54.4 Å². The monoisotopic (exact) mass is 471 g/mol. The summed E-state index contributed by atoms with van der Waals surface area (Å²) in [7, 11) is 2.16. The lowest BCUT2D eigenvalue weighted by atomic mass is 10.1. The summed E-state index contributed by atoms with van der Waals surface area (Å²) in [5, 5.41) is 1.32. The third kappa shape index (κ3) is 5.46. The Bertz CT molecular complexity index is 1200. The number of hydrogen-bond donors (Lipinski definition) is 0. The van der Waals surface area contributed by atoms with Crippen LogP contribution in [0.2, 0.25) is 0 Å². The Morgan fingerprint density at radius 3 is 2.53 bits per heavy atom. The molecule has 3 heterocycles. The van der Waals surface area contributed by atoms with Crippen molar-refractivity contribution in [1.29, 1.82) is 0 Å². The van der Waals surface area contributed by atoms with E-state index in [2.05, 4.69) is 71.5 Å². The number of thiophene rings is 1. The van der Waals surface area contributed by atoms with E-state index in [-0.39, 0.29) is 12.0 Å². The van der Waals surface area contributed by atoms with E-state index in [4.69, 9.17) is 4.74 Å². The van der Waals surface area contributed by atoms with Crippen molar-refractivity contribution >= 4 is 27.3 Å². The van der Waals surface area contributed by atoms with Crippen LogP contribution in [0.3, 0.4) is 0 Å². The number of aromatic nitrogens is 1. The molecule has 0 atom stereocenters. The van der Waals surface area contributed by atoms with Gasteiger partial charge < -0.3 is 9.64 Å². The van der Waals surface area contributed by atoms with Gasteiger partial charge >= 0.3 is 0 Å². The maximum atomic E-state index is 12.6. The minimum atomic E-state index is 0.00294. The van der Waals surface area contributed by atoms with E-state index < -0.39 is 0 Å². The van der Waals surface area contributed by atoms with Gasteiger partial charge in [-0.15, -0.1) is 11.3 Å². The van der Waals surface area contributed by atoms with Gasteiger partial charge in [-0.25, -0.2) is 0 Å². The number of carbonyl (C=O) groups excluding carboxylic acids is 1. The quantitative estimate of drug-likeness (QED) is 0.351. The van der Waals surface area contributed by atoms with Crippen molar-refractivity contribution in [3.8, 4) is 5.75 Å². The van der Waals surface area contributed by atoms with Crippen LogP contribution in [0.5, 0.6) is 5.75 Å². The fourth-order valence-corrected chi connectivity index (χ4v) is 5.59. The van der Waals surface area contributed by atoms with Crippen molar-refractivity contribution in [2.75, 3.05) is 20.1 Å². The minimum absolute atomic E-state index is 0.00294. The van der Waals surface area contributed by atoms with E-state index in [0.717, 1.165) is 31.7 Å². The van der Waals surface area contributed by atoms with Crippen LogP contribution in [-0.2, 0) is 13.1 Å². The molecule has 1 aliphatic heterocycles. The Morgan fingerprint density at radius 2 is 1.79 bits per heavy atom. The lowest BCUT2D eigenvalue weighted by Gasteiger charge is -2.32. The third-order valence-electron chi connectivity index (χ3n) is 6.19. The first-order valence-electron chi connectivity index (χ1n) is 11.8. The highest BCUT2D eigenvalue weighted by Crippen LogP contribution is 2.27. The average molecular weight is 472 g/mol. The van der Waals surface area contributed by atoms with Gasteiger partial charge in [0, 0.05) is 54.8 Å². The topological polar surface area (TPSA) is 45.7 Å². The van der Waals surface area contributed by atoms with Crippen molar-refractivity contribution in [2.45, 2.75) is 32.0 Å². The summed E-state index contributed by atoms with van der Waals surface area (Å²) in [5.41, 5.74) is 1.78. The highest BCUT2D eigenvalue weighted by Gasteiger charge is 2.25. The number of fused-ring (bicyclic) bond motifs is 1. The molecule has 0 unspecified atom stereocenters. The number of amides is 1. The predicted octanol–water partition coefficient (Wildman–Crippen LogP) is 5.61. The van der Waals surface area contributed by atoms with Gasteiger partial charge in [0.25, 0.3) is 5.91 Å². The van der Waals surface area contributed by atoms with E-state index in [1.54, 1.807) is 12.3 Å². The van der Waals surface area contributed by atoms with E-state index in [1.807, 2.05) is 28.4 Å².